The fourth-order valence-corrected chi connectivity index (χ4v) is 3.36. The summed E-state index contributed by atoms with van der Waals surface area (Å²) in [6, 6.07) is 15.5. The standard InChI is InChI=1S/C22H28N4O2/c1-17(27)24-20-7-5-6-19(16-20)23-13-12-22(28)25-18-8-10-21(11-9-18)26-14-3-2-4-15-26/h5-11,16,23H,2-4,12-15H2,1H3,(H,24,27)(H,25,28). The van der Waals surface area contributed by atoms with Gasteiger partial charge in [0.2, 0.25) is 11.8 Å². The molecule has 0 aromatic heterocycles. The summed E-state index contributed by atoms with van der Waals surface area (Å²) < 4.78 is 0. The zero-order valence-electron chi connectivity index (χ0n) is 16.3. The Morgan fingerprint density at radius 3 is 2.32 bits per heavy atom. The van der Waals surface area contributed by atoms with Gasteiger partial charge in [0.05, 0.1) is 0 Å². The van der Waals surface area contributed by atoms with Crippen LogP contribution in [-0.4, -0.2) is 31.4 Å². The van der Waals surface area contributed by atoms with E-state index in [-0.39, 0.29) is 11.8 Å². The zero-order valence-corrected chi connectivity index (χ0v) is 16.3. The molecule has 6 nitrogen and oxygen atoms in total. The summed E-state index contributed by atoms with van der Waals surface area (Å²) >= 11 is 0. The van der Waals surface area contributed by atoms with Gasteiger partial charge in [-0.3, -0.25) is 9.59 Å². The Kier molecular flexibility index (Phi) is 6.89. The maximum absolute atomic E-state index is 12.2. The van der Waals surface area contributed by atoms with E-state index in [2.05, 4.69) is 33.0 Å². The number of nitrogens with one attached hydrogen (secondary N) is 3. The molecule has 1 fully saturated rings. The summed E-state index contributed by atoms with van der Waals surface area (Å²) in [5.41, 5.74) is 3.64. The summed E-state index contributed by atoms with van der Waals surface area (Å²) in [5, 5.41) is 8.89. The number of piperidine rings is 1. The van der Waals surface area contributed by atoms with Crippen LogP contribution in [0, 0.1) is 0 Å². The number of carbonyl (C=O) groups excluding carboxylic acids is 2. The third-order valence-electron chi connectivity index (χ3n) is 4.74. The molecule has 28 heavy (non-hydrogen) atoms. The highest BCUT2D eigenvalue weighted by Crippen LogP contribution is 2.22. The van der Waals surface area contributed by atoms with Crippen LogP contribution in [0.15, 0.2) is 48.5 Å². The number of hydrogen-bond donors (Lipinski definition) is 3. The summed E-state index contributed by atoms with van der Waals surface area (Å²) in [6.07, 6.45) is 4.17. The summed E-state index contributed by atoms with van der Waals surface area (Å²) in [5.74, 6) is -0.140. The maximum atomic E-state index is 12.2. The van der Waals surface area contributed by atoms with Crippen molar-refractivity contribution in [1.82, 2.24) is 0 Å². The Morgan fingerprint density at radius 1 is 0.893 bits per heavy atom. The van der Waals surface area contributed by atoms with Crippen LogP contribution >= 0.6 is 0 Å². The molecule has 148 valence electrons. The normalized spacial score (nSPS) is 13.7. The highest BCUT2D eigenvalue weighted by molar-refractivity contribution is 5.91. The minimum atomic E-state index is -0.108. The predicted octanol–water partition coefficient (Wildman–Crippen LogP) is 4.08. The molecule has 0 saturated carbocycles. The first-order valence-corrected chi connectivity index (χ1v) is 9.86. The van der Waals surface area contributed by atoms with Crippen molar-refractivity contribution in [2.24, 2.45) is 0 Å². The van der Waals surface area contributed by atoms with E-state index in [1.165, 1.54) is 31.9 Å². The van der Waals surface area contributed by atoms with Gasteiger partial charge in [-0.2, -0.15) is 0 Å². The minimum absolute atomic E-state index is 0.0313. The lowest BCUT2D eigenvalue weighted by molar-refractivity contribution is -0.116. The second-order valence-electron chi connectivity index (χ2n) is 7.08. The van der Waals surface area contributed by atoms with Gasteiger partial charge in [0.25, 0.3) is 0 Å². The van der Waals surface area contributed by atoms with Gasteiger partial charge in [0.15, 0.2) is 0 Å². The topological polar surface area (TPSA) is 73.5 Å². The average Bonchev–Trinajstić information content (AvgIpc) is 2.69. The van der Waals surface area contributed by atoms with Crippen LogP contribution in [0.5, 0.6) is 0 Å². The lowest BCUT2D eigenvalue weighted by Crippen LogP contribution is -2.29. The number of rotatable bonds is 7. The number of nitrogens with zero attached hydrogens (tertiary/aromatic N) is 1. The van der Waals surface area contributed by atoms with Gasteiger partial charge in [-0.05, 0) is 61.7 Å². The molecule has 0 atom stereocenters. The lowest BCUT2D eigenvalue weighted by Gasteiger charge is -2.28. The van der Waals surface area contributed by atoms with Gasteiger partial charge in [-0.15, -0.1) is 0 Å². The van der Waals surface area contributed by atoms with Crippen molar-refractivity contribution in [2.45, 2.75) is 32.6 Å². The molecule has 0 spiro atoms. The molecule has 1 saturated heterocycles. The van der Waals surface area contributed by atoms with Crippen LogP contribution in [0.4, 0.5) is 22.7 Å². The van der Waals surface area contributed by atoms with Crippen molar-refractivity contribution in [3.8, 4) is 0 Å². The zero-order chi connectivity index (χ0) is 19.8. The smallest absolute Gasteiger partial charge is 0.226 e. The maximum Gasteiger partial charge on any atom is 0.226 e. The first-order valence-electron chi connectivity index (χ1n) is 9.86. The Balaban J connectivity index is 1.43. The molecular formula is C22H28N4O2. The fraction of sp³-hybridized carbons (Fsp3) is 0.364. The van der Waals surface area contributed by atoms with Crippen LogP contribution in [0.1, 0.15) is 32.6 Å². The third-order valence-corrected chi connectivity index (χ3v) is 4.74. The van der Waals surface area contributed by atoms with Gasteiger partial charge in [0.1, 0.15) is 0 Å². The van der Waals surface area contributed by atoms with Crippen LogP contribution in [0.25, 0.3) is 0 Å². The Hall–Kier alpha value is -3.02. The van der Waals surface area contributed by atoms with Crippen LogP contribution in [0.2, 0.25) is 0 Å². The second-order valence-corrected chi connectivity index (χ2v) is 7.08. The SMILES string of the molecule is CC(=O)Nc1cccc(NCCC(=O)Nc2ccc(N3CCCCC3)cc2)c1. The molecule has 2 aromatic rings. The third kappa shape index (κ3) is 6.01. The van der Waals surface area contributed by atoms with Gasteiger partial charge >= 0.3 is 0 Å². The number of benzene rings is 2. The quantitative estimate of drug-likeness (QED) is 0.677. The lowest BCUT2D eigenvalue weighted by atomic mass is 10.1. The predicted molar refractivity (Wildman–Crippen MR) is 115 cm³/mol. The molecule has 0 bridgehead atoms. The highest BCUT2D eigenvalue weighted by atomic mass is 16.2. The van der Waals surface area contributed by atoms with E-state index >= 15 is 0 Å². The van der Waals surface area contributed by atoms with Crippen molar-refractivity contribution in [1.29, 1.82) is 0 Å². The minimum Gasteiger partial charge on any atom is -0.384 e. The van der Waals surface area contributed by atoms with Gasteiger partial charge in [-0.25, -0.2) is 0 Å². The monoisotopic (exact) mass is 380 g/mol. The van der Waals surface area contributed by atoms with Crippen molar-refractivity contribution in [3.63, 3.8) is 0 Å². The highest BCUT2D eigenvalue weighted by Gasteiger charge is 2.11. The van der Waals surface area contributed by atoms with E-state index in [4.69, 9.17) is 0 Å². The average molecular weight is 380 g/mol. The summed E-state index contributed by atoms with van der Waals surface area (Å²) in [7, 11) is 0. The molecule has 2 amide bonds. The van der Waals surface area contributed by atoms with E-state index in [1.54, 1.807) is 0 Å². The van der Waals surface area contributed by atoms with E-state index in [0.29, 0.717) is 13.0 Å². The van der Waals surface area contributed by atoms with Gasteiger partial charge < -0.3 is 20.9 Å². The van der Waals surface area contributed by atoms with Crippen molar-refractivity contribution in [3.05, 3.63) is 48.5 Å². The molecule has 3 N–H and O–H groups in total. The molecule has 0 aliphatic carbocycles. The van der Waals surface area contributed by atoms with E-state index in [0.717, 1.165) is 30.2 Å². The van der Waals surface area contributed by atoms with Crippen LogP contribution in [-0.2, 0) is 9.59 Å². The number of carbonyl (C=O) groups is 2. The number of amides is 2. The molecular weight excluding hydrogens is 352 g/mol. The van der Waals surface area contributed by atoms with Crippen LogP contribution < -0.4 is 20.9 Å². The summed E-state index contributed by atoms with van der Waals surface area (Å²) in [4.78, 5) is 25.7. The van der Waals surface area contributed by atoms with Gasteiger partial charge in [0, 0.05) is 55.7 Å². The van der Waals surface area contributed by atoms with Crippen molar-refractivity contribution >= 4 is 34.6 Å². The molecule has 1 heterocycles. The number of hydrogen-bond acceptors (Lipinski definition) is 4. The Labute approximate surface area is 166 Å². The van der Waals surface area contributed by atoms with Crippen molar-refractivity contribution in [2.75, 3.05) is 40.5 Å². The number of anilines is 4. The Morgan fingerprint density at radius 2 is 1.61 bits per heavy atom. The molecule has 2 aromatic carbocycles. The molecule has 3 rings (SSSR count). The first-order chi connectivity index (χ1) is 13.6. The molecule has 0 radical (unpaired) electrons. The Bertz CT molecular complexity index is 798. The van der Waals surface area contributed by atoms with Gasteiger partial charge in [-0.1, -0.05) is 6.07 Å². The van der Waals surface area contributed by atoms with Crippen molar-refractivity contribution < 1.29 is 9.59 Å². The molecule has 6 heteroatoms. The molecule has 0 unspecified atom stereocenters. The van der Waals surface area contributed by atoms with Crippen LogP contribution in [0.3, 0.4) is 0 Å². The first kappa shape index (κ1) is 19.7. The molecule has 1 aliphatic heterocycles. The molecule has 1 aliphatic rings. The fourth-order valence-electron chi connectivity index (χ4n) is 3.36. The van der Waals surface area contributed by atoms with E-state index < -0.39 is 0 Å². The summed E-state index contributed by atoms with van der Waals surface area (Å²) in [6.45, 7) is 4.21. The van der Waals surface area contributed by atoms with E-state index in [9.17, 15) is 9.59 Å². The second kappa shape index (κ2) is 9.78. The van der Waals surface area contributed by atoms with E-state index in [1.807, 2.05) is 36.4 Å². The largest absolute Gasteiger partial charge is 0.384 e.